The van der Waals surface area contributed by atoms with Gasteiger partial charge in [-0.2, -0.15) is 5.10 Å². The van der Waals surface area contributed by atoms with Crippen LogP contribution in [0.25, 0.3) is 16.5 Å². The van der Waals surface area contributed by atoms with Gasteiger partial charge in [0.1, 0.15) is 31.0 Å². The van der Waals surface area contributed by atoms with E-state index in [4.69, 9.17) is 19.4 Å². The number of nitrogens with one attached hydrogen (secondary N) is 2. The predicted molar refractivity (Wildman–Crippen MR) is 170 cm³/mol. The molecule has 2 aromatic carbocycles. The highest BCUT2D eigenvalue weighted by Gasteiger charge is 2.23. The molecule has 1 aliphatic rings. The highest BCUT2D eigenvalue weighted by Crippen LogP contribution is 2.32. The lowest BCUT2D eigenvalue weighted by molar-refractivity contribution is -0.889. The van der Waals surface area contributed by atoms with Crippen LogP contribution in [0.4, 0.5) is 16.3 Å². The SMILES string of the molecule is CC.CO[n+]1cc(-n2nc(C(C)(C)C)cc2NC(=O)Nc2ccc(OCCN3CCOCC3)c3ccccc23)ccc1C. The maximum Gasteiger partial charge on any atom is 0.324 e. The number of aromatic nitrogens is 3. The van der Waals surface area contributed by atoms with Gasteiger partial charge in [0.05, 0.1) is 24.6 Å². The molecule has 43 heavy (non-hydrogen) atoms. The van der Waals surface area contributed by atoms with Gasteiger partial charge < -0.3 is 14.8 Å². The highest BCUT2D eigenvalue weighted by molar-refractivity contribution is 6.07. The summed E-state index contributed by atoms with van der Waals surface area (Å²) in [4.78, 5) is 21.1. The number of anilines is 2. The zero-order chi connectivity index (χ0) is 31.0. The van der Waals surface area contributed by atoms with Crippen LogP contribution in [0.15, 0.2) is 60.8 Å². The Bertz CT molecular complexity index is 1520. The first kappa shape index (κ1) is 31.8. The largest absolute Gasteiger partial charge is 0.492 e. The van der Waals surface area contributed by atoms with E-state index in [1.54, 1.807) is 16.5 Å². The molecule has 0 bridgehead atoms. The molecule has 230 valence electrons. The summed E-state index contributed by atoms with van der Waals surface area (Å²) in [5, 5.41) is 12.7. The van der Waals surface area contributed by atoms with Crippen LogP contribution in [0.3, 0.4) is 0 Å². The number of morpholine rings is 1. The fourth-order valence-corrected chi connectivity index (χ4v) is 4.79. The summed E-state index contributed by atoms with van der Waals surface area (Å²) in [6.07, 6.45) is 1.84. The van der Waals surface area contributed by atoms with E-state index in [0.717, 1.165) is 66.4 Å². The average molecular weight is 590 g/mol. The number of rotatable bonds is 8. The zero-order valence-electron chi connectivity index (χ0n) is 26.4. The smallest absolute Gasteiger partial charge is 0.324 e. The first-order valence-corrected chi connectivity index (χ1v) is 14.9. The number of nitrogens with zero attached hydrogens (tertiary/aromatic N) is 4. The third kappa shape index (κ3) is 7.82. The van der Waals surface area contributed by atoms with Gasteiger partial charge in [-0.25, -0.2) is 9.48 Å². The first-order valence-electron chi connectivity index (χ1n) is 14.9. The molecule has 2 N–H and O–H groups in total. The number of ether oxygens (including phenoxy) is 2. The van der Waals surface area contributed by atoms with Crippen LogP contribution in [0.5, 0.6) is 5.75 Å². The first-order chi connectivity index (χ1) is 20.7. The van der Waals surface area contributed by atoms with Crippen molar-refractivity contribution in [2.45, 2.75) is 47.0 Å². The Labute approximate surface area is 254 Å². The van der Waals surface area contributed by atoms with E-state index in [2.05, 4.69) is 36.3 Å². The number of amides is 2. The minimum Gasteiger partial charge on any atom is -0.492 e. The number of urea groups is 1. The minimum absolute atomic E-state index is 0.214. The van der Waals surface area contributed by atoms with E-state index in [-0.39, 0.29) is 11.4 Å². The lowest BCUT2D eigenvalue weighted by Crippen LogP contribution is -2.43. The van der Waals surface area contributed by atoms with E-state index in [1.165, 1.54) is 0 Å². The summed E-state index contributed by atoms with van der Waals surface area (Å²) < 4.78 is 15.0. The van der Waals surface area contributed by atoms with Crippen LogP contribution < -0.4 is 24.9 Å². The van der Waals surface area contributed by atoms with Crippen LogP contribution in [-0.2, 0) is 10.2 Å². The number of hydrogen-bond acceptors (Lipinski definition) is 6. The van der Waals surface area contributed by atoms with Crippen molar-refractivity contribution in [2.24, 2.45) is 0 Å². The summed E-state index contributed by atoms with van der Waals surface area (Å²) in [5.41, 5.74) is 3.02. The zero-order valence-corrected chi connectivity index (χ0v) is 26.4. The highest BCUT2D eigenvalue weighted by atomic mass is 16.6. The van der Waals surface area contributed by atoms with Gasteiger partial charge in [0.15, 0.2) is 0 Å². The molecule has 10 nitrogen and oxygen atoms in total. The number of fused-ring (bicyclic) bond motifs is 1. The van der Waals surface area contributed by atoms with Crippen molar-refractivity contribution < 1.29 is 23.8 Å². The summed E-state index contributed by atoms with van der Waals surface area (Å²) in [5.74, 6) is 1.34. The van der Waals surface area contributed by atoms with Crippen molar-refractivity contribution >= 4 is 28.3 Å². The molecule has 1 fully saturated rings. The van der Waals surface area contributed by atoms with Crippen LogP contribution in [0, 0.1) is 6.92 Å². The molecule has 2 aromatic heterocycles. The fourth-order valence-electron chi connectivity index (χ4n) is 4.79. The number of aryl methyl sites for hydroxylation is 1. The Morgan fingerprint density at radius 2 is 1.74 bits per heavy atom. The normalized spacial score (nSPS) is 13.7. The van der Waals surface area contributed by atoms with Crippen molar-refractivity contribution in [3.63, 3.8) is 0 Å². The molecule has 1 aliphatic heterocycles. The van der Waals surface area contributed by atoms with Crippen molar-refractivity contribution in [1.29, 1.82) is 0 Å². The molecule has 0 spiro atoms. The third-order valence-corrected chi connectivity index (χ3v) is 7.15. The summed E-state index contributed by atoms with van der Waals surface area (Å²) in [6.45, 7) is 17.0. The Balaban J connectivity index is 0.00000207. The number of benzene rings is 2. The number of carbonyl (C=O) groups is 1. The van der Waals surface area contributed by atoms with Crippen molar-refractivity contribution in [3.8, 4) is 11.4 Å². The Hall–Kier alpha value is -4.15. The molecule has 0 atom stereocenters. The fraction of sp³-hybridized carbons (Fsp3) is 0.424. The summed E-state index contributed by atoms with van der Waals surface area (Å²) >= 11 is 0. The van der Waals surface area contributed by atoms with Gasteiger partial charge in [0.25, 0.3) is 0 Å². The lowest BCUT2D eigenvalue weighted by Gasteiger charge is -2.26. The molecule has 10 heteroatoms. The molecule has 0 saturated carbocycles. The molecule has 1 saturated heterocycles. The second-order valence-electron chi connectivity index (χ2n) is 11.2. The van der Waals surface area contributed by atoms with E-state index in [0.29, 0.717) is 18.1 Å². The second-order valence-corrected chi connectivity index (χ2v) is 11.2. The van der Waals surface area contributed by atoms with Crippen LogP contribution in [0.1, 0.15) is 46.0 Å². The quantitative estimate of drug-likeness (QED) is 0.269. The Morgan fingerprint density at radius 1 is 1.02 bits per heavy atom. The number of hydrogen-bond donors (Lipinski definition) is 2. The van der Waals surface area contributed by atoms with E-state index >= 15 is 0 Å². The Morgan fingerprint density at radius 3 is 2.44 bits per heavy atom. The number of pyridine rings is 1. The molecular formula is C33H45N6O4+. The van der Waals surface area contributed by atoms with Gasteiger partial charge in [-0.1, -0.05) is 58.9 Å². The molecule has 5 rings (SSSR count). The topological polar surface area (TPSA) is 93.8 Å². The number of carbonyl (C=O) groups excluding carboxylic acids is 1. The molecule has 0 unspecified atom stereocenters. The van der Waals surface area contributed by atoms with Gasteiger partial charge >= 0.3 is 6.03 Å². The molecule has 2 amide bonds. The summed E-state index contributed by atoms with van der Waals surface area (Å²) in [6, 6.07) is 17.1. The predicted octanol–water partition coefficient (Wildman–Crippen LogP) is 5.36. The Kier molecular flexibility index (Phi) is 10.6. The van der Waals surface area contributed by atoms with E-state index < -0.39 is 0 Å². The second kappa shape index (κ2) is 14.3. The van der Waals surface area contributed by atoms with Gasteiger partial charge in [-0.3, -0.25) is 15.1 Å². The lowest BCUT2D eigenvalue weighted by atomic mass is 9.92. The maximum atomic E-state index is 13.3. The monoisotopic (exact) mass is 589 g/mol. The molecule has 0 aliphatic carbocycles. The van der Waals surface area contributed by atoms with E-state index in [1.807, 2.05) is 81.6 Å². The van der Waals surface area contributed by atoms with Gasteiger partial charge in [-0.15, -0.1) is 0 Å². The van der Waals surface area contributed by atoms with Crippen molar-refractivity contribution in [1.82, 2.24) is 14.7 Å². The average Bonchev–Trinajstić information content (AvgIpc) is 3.44. The van der Waals surface area contributed by atoms with Gasteiger partial charge in [-0.05, 0) is 18.2 Å². The minimum atomic E-state index is -0.371. The van der Waals surface area contributed by atoms with Gasteiger partial charge in [0.2, 0.25) is 11.9 Å². The maximum absolute atomic E-state index is 13.3. The molecule has 3 heterocycles. The standard InChI is InChI=1S/C31H38N6O4.C2H6/c1-22-10-11-23(21-36(22)39-5)37-29(20-28(34-37)31(2,3)4)33-30(38)32-26-12-13-27(25-9-7-6-8-24(25)26)41-19-16-35-14-17-40-18-15-35;1-2/h6-13,20-21H,14-19H2,1-5H3,(H-,32,33,34,38);1-2H3/p+1. The molecule has 0 radical (unpaired) electrons. The van der Waals surface area contributed by atoms with Crippen molar-refractivity contribution in [3.05, 3.63) is 72.2 Å². The van der Waals surface area contributed by atoms with Crippen LogP contribution in [0.2, 0.25) is 0 Å². The van der Waals surface area contributed by atoms with Crippen LogP contribution >= 0.6 is 0 Å². The molecular weight excluding hydrogens is 544 g/mol. The van der Waals surface area contributed by atoms with E-state index in [9.17, 15) is 4.79 Å². The van der Waals surface area contributed by atoms with Gasteiger partial charge in [0, 0.05) is 59.6 Å². The van der Waals surface area contributed by atoms with Crippen LogP contribution in [-0.4, -0.2) is 67.3 Å². The van der Waals surface area contributed by atoms with Crippen molar-refractivity contribution in [2.75, 3.05) is 57.2 Å². The summed E-state index contributed by atoms with van der Waals surface area (Å²) in [7, 11) is 1.61. The third-order valence-electron chi connectivity index (χ3n) is 7.15. The molecule has 4 aromatic rings.